The number of fused-ring (bicyclic) bond motifs is 3. The number of carbonyl (C=O) groups is 3. The van der Waals surface area contributed by atoms with Crippen molar-refractivity contribution >= 4 is 34.7 Å². The Morgan fingerprint density at radius 1 is 1.00 bits per heavy atom. The number of para-hydroxylation sites is 1. The third-order valence-corrected chi connectivity index (χ3v) is 8.49. The molecule has 7 nitrogen and oxygen atoms in total. The van der Waals surface area contributed by atoms with Gasteiger partial charge in [0.25, 0.3) is 0 Å². The summed E-state index contributed by atoms with van der Waals surface area (Å²) in [4.78, 5) is 39.5. The largest absolute Gasteiger partial charge is 0.465 e. The standard InChI is InChI=1S/C29H31N2O5S.CH4/c1-35-29(34)27-23(14-17-37-27)26(30-22-10-6-3-7-11-22)28(33)36-25-19-31(15-12-21(25)13-16-31)18-24(32)20-8-4-2-5-9-20;/h2-11,14,17,21,25-26,30H,12-13,15-16,18-19H2,1H3;1H4/q+1;/t21?,25-,26+,31?;/m0./s1. The Bertz CT molecular complexity index is 1250. The lowest BCUT2D eigenvalue weighted by molar-refractivity contribution is -0.938. The lowest BCUT2D eigenvalue weighted by atomic mass is 9.82. The molecule has 4 heterocycles. The summed E-state index contributed by atoms with van der Waals surface area (Å²) in [5, 5.41) is 5.04. The molecule has 3 aromatic rings. The maximum atomic E-state index is 13.7. The van der Waals surface area contributed by atoms with Crippen LogP contribution in [0.25, 0.3) is 0 Å². The van der Waals surface area contributed by atoms with E-state index in [4.69, 9.17) is 9.47 Å². The summed E-state index contributed by atoms with van der Waals surface area (Å²) in [5.41, 5.74) is 2.00. The minimum atomic E-state index is -0.863. The first-order chi connectivity index (χ1) is 18.0. The van der Waals surface area contributed by atoms with Gasteiger partial charge in [0.05, 0.1) is 20.2 Å². The summed E-state index contributed by atoms with van der Waals surface area (Å²) in [6.45, 7) is 2.87. The van der Waals surface area contributed by atoms with Crippen LogP contribution in [0.2, 0.25) is 0 Å². The number of piperidine rings is 3. The number of benzene rings is 2. The number of esters is 2. The molecule has 200 valence electrons. The van der Waals surface area contributed by atoms with Crippen molar-refractivity contribution in [2.45, 2.75) is 32.4 Å². The topological polar surface area (TPSA) is 81.7 Å². The number of hydrogen-bond donors (Lipinski definition) is 1. The van der Waals surface area contributed by atoms with Gasteiger partial charge in [-0.05, 0) is 23.6 Å². The Labute approximate surface area is 228 Å². The molecule has 3 fully saturated rings. The zero-order valence-corrected chi connectivity index (χ0v) is 21.6. The van der Waals surface area contributed by atoms with Gasteiger partial charge in [-0.1, -0.05) is 56.0 Å². The lowest BCUT2D eigenvalue weighted by Crippen LogP contribution is -2.65. The Balaban J connectivity index is 0.00000336. The quantitative estimate of drug-likeness (QED) is 0.226. The van der Waals surface area contributed by atoms with E-state index in [1.54, 1.807) is 11.4 Å². The zero-order chi connectivity index (χ0) is 25.8. The van der Waals surface area contributed by atoms with Crippen LogP contribution < -0.4 is 5.32 Å². The normalized spacial score (nSPS) is 22.6. The van der Waals surface area contributed by atoms with E-state index in [1.807, 2.05) is 60.7 Å². The van der Waals surface area contributed by atoms with E-state index in [9.17, 15) is 14.4 Å². The summed E-state index contributed by atoms with van der Waals surface area (Å²) in [6.07, 6.45) is 1.56. The van der Waals surface area contributed by atoms with Crippen LogP contribution >= 0.6 is 11.3 Å². The molecule has 8 heteroatoms. The number of ketones is 1. The van der Waals surface area contributed by atoms with Crippen LogP contribution in [0.15, 0.2) is 72.1 Å². The van der Waals surface area contributed by atoms with Gasteiger partial charge in [-0.2, -0.15) is 0 Å². The molecule has 2 atom stereocenters. The van der Waals surface area contributed by atoms with E-state index in [1.165, 1.54) is 18.4 Å². The van der Waals surface area contributed by atoms with Gasteiger partial charge in [0.15, 0.2) is 12.1 Å². The first-order valence-electron chi connectivity index (χ1n) is 12.6. The monoisotopic (exact) mass is 535 g/mol. The summed E-state index contributed by atoms with van der Waals surface area (Å²) >= 11 is 1.24. The summed E-state index contributed by atoms with van der Waals surface area (Å²) in [6, 6.07) is 19.7. The molecule has 6 rings (SSSR count). The highest BCUT2D eigenvalue weighted by Crippen LogP contribution is 2.37. The van der Waals surface area contributed by atoms with Crippen LogP contribution in [0, 0.1) is 5.92 Å². The van der Waals surface area contributed by atoms with E-state index in [0.717, 1.165) is 37.2 Å². The van der Waals surface area contributed by atoms with Crippen LogP contribution in [0.1, 0.15) is 51.9 Å². The maximum Gasteiger partial charge on any atom is 0.348 e. The molecule has 3 saturated heterocycles. The fourth-order valence-corrected chi connectivity index (χ4v) is 6.44. The van der Waals surface area contributed by atoms with Crippen molar-refractivity contribution in [2.24, 2.45) is 5.92 Å². The van der Waals surface area contributed by atoms with Crippen LogP contribution in [0.4, 0.5) is 5.69 Å². The van der Waals surface area contributed by atoms with Crippen molar-refractivity contribution in [3.63, 3.8) is 0 Å². The molecule has 0 saturated carbocycles. The number of rotatable bonds is 9. The van der Waals surface area contributed by atoms with E-state index in [0.29, 0.717) is 28.0 Å². The van der Waals surface area contributed by atoms with Gasteiger partial charge in [0.1, 0.15) is 18.0 Å². The third-order valence-electron chi connectivity index (χ3n) is 7.58. The molecule has 1 N–H and O–H groups in total. The molecule has 38 heavy (non-hydrogen) atoms. The van der Waals surface area contributed by atoms with Crippen LogP contribution in [0.3, 0.4) is 0 Å². The van der Waals surface area contributed by atoms with E-state index in [-0.39, 0.29) is 25.2 Å². The predicted octanol–water partition coefficient (Wildman–Crippen LogP) is 5.36. The van der Waals surface area contributed by atoms with Gasteiger partial charge >= 0.3 is 11.9 Å². The third kappa shape index (κ3) is 5.81. The van der Waals surface area contributed by atoms with Gasteiger partial charge < -0.3 is 19.3 Å². The average Bonchev–Trinajstić information content (AvgIpc) is 3.42. The highest BCUT2D eigenvalue weighted by molar-refractivity contribution is 7.12. The maximum absolute atomic E-state index is 13.7. The van der Waals surface area contributed by atoms with E-state index < -0.39 is 18.0 Å². The molecular formula is C30H35N2O5S+. The molecule has 0 amide bonds. The van der Waals surface area contributed by atoms with Crippen molar-refractivity contribution in [2.75, 3.05) is 38.6 Å². The van der Waals surface area contributed by atoms with Crippen LogP contribution in [0.5, 0.6) is 0 Å². The Hall–Kier alpha value is -3.49. The second-order valence-electron chi connectivity index (χ2n) is 9.87. The average molecular weight is 536 g/mol. The van der Waals surface area contributed by atoms with Crippen LogP contribution in [-0.2, 0) is 14.3 Å². The van der Waals surface area contributed by atoms with Crippen molar-refractivity contribution in [1.82, 2.24) is 0 Å². The molecule has 3 aliphatic heterocycles. The smallest absolute Gasteiger partial charge is 0.348 e. The van der Waals surface area contributed by atoms with E-state index in [2.05, 4.69) is 5.32 Å². The van der Waals surface area contributed by atoms with Crippen molar-refractivity contribution in [3.8, 4) is 0 Å². The van der Waals surface area contributed by atoms with E-state index >= 15 is 0 Å². The summed E-state index contributed by atoms with van der Waals surface area (Å²) in [7, 11) is 1.33. The minimum Gasteiger partial charge on any atom is -0.465 e. The number of anilines is 1. The number of nitrogens with zero attached hydrogens (tertiary/aromatic N) is 1. The zero-order valence-electron chi connectivity index (χ0n) is 20.8. The van der Waals surface area contributed by atoms with Gasteiger partial charge in [-0.15, -0.1) is 11.3 Å². The second-order valence-corrected chi connectivity index (χ2v) is 10.8. The molecule has 0 aliphatic carbocycles. The van der Waals surface area contributed by atoms with Gasteiger partial charge in [-0.3, -0.25) is 4.79 Å². The molecule has 3 aliphatic rings. The van der Waals surface area contributed by atoms with Crippen LogP contribution in [-0.4, -0.2) is 61.6 Å². The Morgan fingerprint density at radius 3 is 2.32 bits per heavy atom. The number of quaternary nitrogens is 1. The molecule has 1 aromatic heterocycles. The van der Waals surface area contributed by atoms with Crippen molar-refractivity contribution < 1.29 is 28.3 Å². The number of Topliss-reactive ketones (excluding diaryl/α,β-unsaturated/α-hetero) is 1. The van der Waals surface area contributed by atoms with Gasteiger partial charge in [-0.25, -0.2) is 9.59 Å². The van der Waals surface area contributed by atoms with Gasteiger partial charge in [0, 0.05) is 35.6 Å². The number of thiophene rings is 1. The lowest BCUT2D eigenvalue weighted by Gasteiger charge is -2.51. The SMILES string of the molecule is C.COC(=O)c1sccc1[C@@H](Nc1ccccc1)C(=O)O[C@H]1C[N+]2(CC(=O)c3ccccc3)CCC1CC2. The highest BCUT2D eigenvalue weighted by Gasteiger charge is 2.49. The van der Waals surface area contributed by atoms with Crippen molar-refractivity contribution in [3.05, 3.63) is 88.1 Å². The highest BCUT2D eigenvalue weighted by atomic mass is 32.1. The Morgan fingerprint density at radius 2 is 1.66 bits per heavy atom. The molecular weight excluding hydrogens is 500 g/mol. The molecule has 2 aromatic carbocycles. The number of hydrogen-bond acceptors (Lipinski definition) is 7. The molecule has 0 radical (unpaired) electrons. The number of nitrogens with one attached hydrogen (secondary N) is 1. The summed E-state index contributed by atoms with van der Waals surface area (Å²) in [5.74, 6) is -0.519. The molecule has 0 unspecified atom stereocenters. The molecule has 0 spiro atoms. The minimum absolute atomic E-state index is 0. The first kappa shape index (κ1) is 27.5. The fourth-order valence-electron chi connectivity index (χ4n) is 5.58. The Kier molecular flexibility index (Phi) is 8.64. The molecule has 2 bridgehead atoms. The van der Waals surface area contributed by atoms with Crippen molar-refractivity contribution in [1.29, 1.82) is 0 Å². The van der Waals surface area contributed by atoms with Gasteiger partial charge in [0.2, 0.25) is 5.78 Å². The number of methoxy groups -OCH3 is 1. The fraction of sp³-hybridized carbons (Fsp3) is 0.367. The number of ether oxygens (including phenoxy) is 2. The predicted molar refractivity (Wildman–Crippen MR) is 148 cm³/mol. The number of carbonyl (C=O) groups excluding carboxylic acids is 3. The second kappa shape index (κ2) is 11.9. The summed E-state index contributed by atoms with van der Waals surface area (Å²) < 4.78 is 11.8. The first-order valence-corrected chi connectivity index (χ1v) is 13.5.